The van der Waals surface area contributed by atoms with Crippen molar-refractivity contribution < 1.29 is 9.15 Å². The van der Waals surface area contributed by atoms with Gasteiger partial charge in [0.2, 0.25) is 0 Å². The Morgan fingerprint density at radius 1 is 0.491 bits per heavy atom. The zero-order chi connectivity index (χ0) is 37.9. The first-order valence-corrected chi connectivity index (χ1v) is 19.1. The third kappa shape index (κ3) is 5.06. The topological polar surface area (TPSA) is 70.9 Å². The molecule has 2 aliphatic rings. The minimum absolute atomic E-state index is 0.151. The Labute approximate surface area is 329 Å². The molecule has 1 aromatic heterocycles. The maximum absolute atomic E-state index is 8.77. The van der Waals surface area contributed by atoms with Crippen LogP contribution in [0.3, 0.4) is 0 Å². The van der Waals surface area contributed by atoms with Gasteiger partial charge in [0.25, 0.3) is 0 Å². The molecule has 8 aromatic carbocycles. The second kappa shape index (κ2) is 13.0. The van der Waals surface area contributed by atoms with E-state index < -0.39 is 5.41 Å². The smallest absolute Gasteiger partial charge is 0.161 e. The summed E-state index contributed by atoms with van der Waals surface area (Å²) in [5, 5.41) is 10.9. The van der Waals surface area contributed by atoms with E-state index in [1.54, 1.807) is 0 Å². The second-order valence-electron chi connectivity index (χ2n) is 14.4. The number of para-hydroxylation sites is 2. The highest BCUT2D eigenvalue weighted by molar-refractivity contribution is 6.17. The fourth-order valence-corrected chi connectivity index (χ4v) is 8.90. The molecule has 0 unspecified atom stereocenters. The van der Waals surface area contributed by atoms with Gasteiger partial charge in [-0.2, -0.15) is 0 Å². The number of hydrogen-bond donors (Lipinski definition) is 1. The molecule has 5 nitrogen and oxygen atoms in total. The molecule has 0 fully saturated rings. The van der Waals surface area contributed by atoms with Crippen molar-refractivity contribution in [3.63, 3.8) is 0 Å². The van der Waals surface area contributed by atoms with Crippen LogP contribution in [0.5, 0.6) is 11.5 Å². The van der Waals surface area contributed by atoms with Crippen molar-refractivity contribution in [2.24, 2.45) is 9.98 Å². The first-order valence-electron chi connectivity index (χ1n) is 19.1. The lowest BCUT2D eigenvalue weighted by atomic mass is 9.66. The lowest BCUT2D eigenvalue weighted by Crippen LogP contribution is -2.32. The largest absolute Gasteiger partial charge is 0.457 e. The molecule has 0 radical (unpaired) electrons. The van der Waals surface area contributed by atoms with Crippen molar-refractivity contribution in [2.75, 3.05) is 0 Å². The Bertz CT molecular complexity index is 3080. The highest BCUT2D eigenvalue weighted by Crippen LogP contribution is 2.62. The number of nitrogens with one attached hydrogen (secondary N) is 1. The van der Waals surface area contributed by atoms with Crippen molar-refractivity contribution in [2.45, 2.75) is 5.41 Å². The molecule has 0 saturated heterocycles. The molecule has 0 bridgehead atoms. The maximum atomic E-state index is 8.77. The summed E-state index contributed by atoms with van der Waals surface area (Å²) in [6.07, 6.45) is 1.86. The summed E-state index contributed by atoms with van der Waals surface area (Å²) in [7, 11) is 0. The Morgan fingerprint density at radius 2 is 1.09 bits per heavy atom. The molecule has 2 heterocycles. The first kappa shape index (κ1) is 32.8. The molecular formula is C52H33N3O2. The first-order chi connectivity index (χ1) is 28.2. The SMILES string of the molecule is N=C(N=C(N=Cc1ccccc1-c1cccc2oc3cc4c(cc3c12)-c1ccccc1C41c2ccccc2Oc2ccccc21)c1ccccc1)c1ccccc1. The van der Waals surface area contributed by atoms with Gasteiger partial charge in [0.1, 0.15) is 22.7 Å². The van der Waals surface area contributed by atoms with Crippen LogP contribution >= 0.6 is 0 Å². The maximum Gasteiger partial charge on any atom is 0.161 e. The van der Waals surface area contributed by atoms with Gasteiger partial charge in [0, 0.05) is 44.8 Å². The number of furan rings is 1. The van der Waals surface area contributed by atoms with Crippen LogP contribution < -0.4 is 4.74 Å². The van der Waals surface area contributed by atoms with Crippen molar-refractivity contribution >= 4 is 39.8 Å². The third-order valence-electron chi connectivity index (χ3n) is 11.3. The van der Waals surface area contributed by atoms with Gasteiger partial charge >= 0.3 is 0 Å². The highest BCUT2D eigenvalue weighted by Gasteiger charge is 2.51. The number of hydrogen-bond acceptors (Lipinski definition) is 3. The molecule has 9 aromatic rings. The summed E-state index contributed by atoms with van der Waals surface area (Å²) in [5.41, 5.74) is 12.7. The summed E-state index contributed by atoms with van der Waals surface area (Å²) < 4.78 is 13.4. The van der Waals surface area contributed by atoms with E-state index in [-0.39, 0.29) is 5.84 Å². The van der Waals surface area contributed by atoms with Crippen LogP contribution in [0.1, 0.15) is 38.9 Å². The minimum Gasteiger partial charge on any atom is -0.457 e. The quantitative estimate of drug-likeness (QED) is 0.145. The van der Waals surface area contributed by atoms with E-state index in [2.05, 4.69) is 109 Å². The molecule has 0 atom stereocenters. The Balaban J connectivity index is 1.09. The molecule has 5 heteroatoms. The number of fused-ring (bicyclic) bond motifs is 12. The number of amidine groups is 2. The van der Waals surface area contributed by atoms with Gasteiger partial charge in [0.05, 0.1) is 5.41 Å². The van der Waals surface area contributed by atoms with E-state index in [4.69, 9.17) is 24.5 Å². The fourth-order valence-electron chi connectivity index (χ4n) is 8.90. The van der Waals surface area contributed by atoms with Crippen LogP contribution in [-0.2, 0) is 5.41 Å². The van der Waals surface area contributed by atoms with E-state index in [0.29, 0.717) is 5.84 Å². The molecular weight excluding hydrogens is 699 g/mol. The Morgan fingerprint density at radius 3 is 1.82 bits per heavy atom. The number of benzene rings is 8. The molecule has 11 rings (SSSR count). The van der Waals surface area contributed by atoms with E-state index >= 15 is 0 Å². The average Bonchev–Trinajstić information content (AvgIpc) is 3.78. The van der Waals surface area contributed by atoms with Crippen LogP contribution in [-0.4, -0.2) is 17.9 Å². The number of rotatable bonds is 4. The van der Waals surface area contributed by atoms with Crippen LogP contribution in [0.4, 0.5) is 0 Å². The number of aliphatic imine (C=N–C) groups is 2. The van der Waals surface area contributed by atoms with E-state index in [0.717, 1.165) is 72.4 Å². The fraction of sp³-hybridized carbons (Fsp3) is 0.0192. The van der Waals surface area contributed by atoms with Gasteiger partial charge in [-0.3, -0.25) is 5.41 Å². The summed E-state index contributed by atoms with van der Waals surface area (Å²) in [6.45, 7) is 0. The molecule has 0 saturated carbocycles. The minimum atomic E-state index is -0.578. The summed E-state index contributed by atoms with van der Waals surface area (Å²) in [5.74, 6) is 2.34. The molecule has 0 amide bonds. The van der Waals surface area contributed by atoms with E-state index in [1.165, 1.54) is 22.3 Å². The second-order valence-corrected chi connectivity index (χ2v) is 14.4. The van der Waals surface area contributed by atoms with Gasteiger partial charge in [0.15, 0.2) is 11.7 Å². The standard InChI is InChI=1S/C52H33N3O2/c53-50(33-16-3-1-4-17-33)55-51(34-18-5-2-6-19-34)54-32-35-20-7-8-21-36(35)38-23-15-29-47-49(38)40-30-39-37-22-9-10-24-41(37)52(44(39)31-48(40)57-47)42-25-11-13-27-45(42)56-46-28-14-12-26-43(46)52/h1-32,53H. The number of ether oxygens (including phenoxy) is 1. The molecule has 57 heavy (non-hydrogen) atoms. The molecule has 268 valence electrons. The highest BCUT2D eigenvalue weighted by atomic mass is 16.5. The normalized spacial score (nSPS) is 13.6. The van der Waals surface area contributed by atoms with Crippen LogP contribution in [0, 0.1) is 5.41 Å². The monoisotopic (exact) mass is 731 g/mol. The summed E-state index contributed by atoms with van der Waals surface area (Å²) in [6, 6.07) is 64.1. The lowest BCUT2D eigenvalue weighted by Gasteiger charge is -2.39. The van der Waals surface area contributed by atoms with Gasteiger partial charge in [-0.1, -0.05) is 158 Å². The zero-order valence-electron chi connectivity index (χ0n) is 30.7. The van der Waals surface area contributed by atoms with Crippen LogP contribution in [0.15, 0.2) is 202 Å². The predicted molar refractivity (Wildman–Crippen MR) is 230 cm³/mol. The summed E-state index contributed by atoms with van der Waals surface area (Å²) in [4.78, 5) is 9.67. The Hall–Kier alpha value is -7.63. The van der Waals surface area contributed by atoms with Crippen molar-refractivity contribution in [3.8, 4) is 33.8 Å². The average molecular weight is 732 g/mol. The Kier molecular flexibility index (Phi) is 7.47. The molecule has 1 aliphatic heterocycles. The van der Waals surface area contributed by atoms with Gasteiger partial charge < -0.3 is 9.15 Å². The third-order valence-corrected chi connectivity index (χ3v) is 11.3. The van der Waals surface area contributed by atoms with Crippen LogP contribution in [0.2, 0.25) is 0 Å². The molecule has 1 aliphatic carbocycles. The number of nitrogens with zero attached hydrogens (tertiary/aromatic N) is 2. The van der Waals surface area contributed by atoms with E-state index in [1.807, 2.05) is 85.1 Å². The predicted octanol–water partition coefficient (Wildman–Crippen LogP) is 12.6. The van der Waals surface area contributed by atoms with E-state index in [9.17, 15) is 0 Å². The lowest BCUT2D eigenvalue weighted by molar-refractivity contribution is 0.436. The molecule has 1 N–H and O–H groups in total. The zero-order valence-corrected chi connectivity index (χ0v) is 30.7. The van der Waals surface area contributed by atoms with Crippen molar-refractivity contribution in [1.82, 2.24) is 0 Å². The molecule has 1 spiro atoms. The van der Waals surface area contributed by atoms with Crippen molar-refractivity contribution in [1.29, 1.82) is 5.41 Å². The van der Waals surface area contributed by atoms with Gasteiger partial charge in [-0.25, -0.2) is 9.98 Å². The van der Waals surface area contributed by atoms with Crippen LogP contribution in [0.25, 0.3) is 44.2 Å². The van der Waals surface area contributed by atoms with Gasteiger partial charge in [-0.15, -0.1) is 0 Å². The van der Waals surface area contributed by atoms with Crippen molar-refractivity contribution in [3.05, 3.63) is 227 Å². The van der Waals surface area contributed by atoms with Gasteiger partial charge in [-0.05, 0) is 63.7 Å². The summed E-state index contributed by atoms with van der Waals surface area (Å²) >= 11 is 0.